The van der Waals surface area contributed by atoms with E-state index >= 15 is 0 Å². The largest absolute Gasteiger partial charge is 0.335 e. The second-order valence-electron chi connectivity index (χ2n) is 6.22. The van der Waals surface area contributed by atoms with Gasteiger partial charge in [-0.1, -0.05) is 12.1 Å². The Bertz CT molecular complexity index is 552. The summed E-state index contributed by atoms with van der Waals surface area (Å²) in [5.41, 5.74) is 0.726. The van der Waals surface area contributed by atoms with E-state index in [1.54, 1.807) is 24.3 Å². The number of likely N-dealkylation sites (tertiary alicyclic amines) is 2. The number of carbonyl (C=O) groups is 1. The molecular formula is C18H23FN2O. The topological polar surface area (TPSA) is 23.6 Å². The summed E-state index contributed by atoms with van der Waals surface area (Å²) >= 11 is 0. The second kappa shape index (κ2) is 7.05. The van der Waals surface area contributed by atoms with Crippen molar-refractivity contribution >= 4 is 12.0 Å². The zero-order chi connectivity index (χ0) is 15.4. The van der Waals surface area contributed by atoms with Gasteiger partial charge in [-0.2, -0.15) is 0 Å². The van der Waals surface area contributed by atoms with Crippen LogP contribution in [-0.2, 0) is 4.79 Å². The Kier molecular flexibility index (Phi) is 4.88. The van der Waals surface area contributed by atoms with E-state index in [1.807, 2.05) is 4.90 Å². The molecule has 1 atom stereocenters. The minimum atomic E-state index is -0.275. The smallest absolute Gasteiger partial charge is 0.246 e. The third-order valence-corrected chi connectivity index (χ3v) is 4.59. The lowest BCUT2D eigenvalue weighted by atomic mass is 10.2. The summed E-state index contributed by atoms with van der Waals surface area (Å²) in [6, 6.07) is 6.65. The molecule has 0 aliphatic carbocycles. The number of rotatable bonds is 4. The Labute approximate surface area is 131 Å². The van der Waals surface area contributed by atoms with Crippen molar-refractivity contribution in [2.75, 3.05) is 26.2 Å². The van der Waals surface area contributed by atoms with E-state index in [4.69, 9.17) is 0 Å². The highest BCUT2D eigenvalue weighted by Crippen LogP contribution is 2.21. The molecule has 118 valence electrons. The van der Waals surface area contributed by atoms with E-state index in [0.717, 1.165) is 44.6 Å². The monoisotopic (exact) mass is 302 g/mol. The lowest BCUT2D eigenvalue weighted by Crippen LogP contribution is -2.41. The molecule has 0 spiro atoms. The van der Waals surface area contributed by atoms with Gasteiger partial charge in [-0.3, -0.25) is 4.79 Å². The highest BCUT2D eigenvalue weighted by molar-refractivity contribution is 5.92. The molecule has 0 aromatic heterocycles. The normalized spacial score (nSPS) is 22.8. The van der Waals surface area contributed by atoms with Crippen LogP contribution in [0.25, 0.3) is 6.08 Å². The van der Waals surface area contributed by atoms with E-state index in [2.05, 4.69) is 4.90 Å². The van der Waals surface area contributed by atoms with Crippen LogP contribution < -0.4 is 0 Å². The molecule has 1 aromatic carbocycles. The molecule has 3 nitrogen and oxygen atoms in total. The van der Waals surface area contributed by atoms with E-state index in [9.17, 15) is 9.18 Å². The first kappa shape index (κ1) is 15.2. The first-order valence-corrected chi connectivity index (χ1v) is 8.19. The van der Waals surface area contributed by atoms with Crippen LogP contribution in [0.4, 0.5) is 4.39 Å². The predicted octanol–water partition coefficient (Wildman–Crippen LogP) is 2.93. The van der Waals surface area contributed by atoms with E-state index in [0.29, 0.717) is 6.04 Å². The van der Waals surface area contributed by atoms with Crippen LogP contribution in [0.1, 0.15) is 31.2 Å². The molecule has 2 saturated heterocycles. The predicted molar refractivity (Wildman–Crippen MR) is 85.8 cm³/mol. The maximum Gasteiger partial charge on any atom is 0.246 e. The zero-order valence-corrected chi connectivity index (χ0v) is 12.9. The van der Waals surface area contributed by atoms with Crippen molar-refractivity contribution in [3.63, 3.8) is 0 Å². The van der Waals surface area contributed by atoms with Crippen LogP contribution in [0.3, 0.4) is 0 Å². The van der Waals surface area contributed by atoms with Crippen molar-refractivity contribution in [2.45, 2.75) is 31.7 Å². The quantitative estimate of drug-likeness (QED) is 0.798. The molecule has 2 aliphatic rings. The van der Waals surface area contributed by atoms with Gasteiger partial charge >= 0.3 is 0 Å². The summed E-state index contributed by atoms with van der Waals surface area (Å²) in [5.74, 6) is -0.228. The third kappa shape index (κ3) is 3.74. The first-order valence-electron chi connectivity index (χ1n) is 8.19. The summed E-state index contributed by atoms with van der Waals surface area (Å²) < 4.78 is 13.1. The third-order valence-electron chi connectivity index (χ3n) is 4.59. The Morgan fingerprint density at radius 3 is 2.82 bits per heavy atom. The van der Waals surface area contributed by atoms with Crippen LogP contribution in [0.5, 0.6) is 0 Å². The van der Waals surface area contributed by atoms with Crippen LogP contribution in [-0.4, -0.2) is 47.9 Å². The van der Waals surface area contributed by atoms with Gasteiger partial charge in [-0.25, -0.2) is 4.39 Å². The maximum absolute atomic E-state index is 13.1. The van der Waals surface area contributed by atoms with Crippen LogP contribution in [0, 0.1) is 5.82 Å². The molecule has 0 saturated carbocycles. The van der Waals surface area contributed by atoms with Crippen LogP contribution >= 0.6 is 0 Å². The number of carbonyl (C=O) groups excluding carboxylic acids is 1. The molecule has 1 aromatic rings. The fourth-order valence-corrected chi connectivity index (χ4v) is 3.45. The first-order chi connectivity index (χ1) is 10.7. The van der Waals surface area contributed by atoms with Crippen molar-refractivity contribution in [1.82, 2.24) is 9.80 Å². The van der Waals surface area contributed by atoms with Gasteiger partial charge < -0.3 is 9.80 Å². The van der Waals surface area contributed by atoms with E-state index in [1.165, 1.54) is 25.0 Å². The Hall–Kier alpha value is -1.68. The highest BCUT2D eigenvalue weighted by atomic mass is 19.1. The van der Waals surface area contributed by atoms with Crippen molar-refractivity contribution in [3.8, 4) is 0 Å². The number of hydrogen-bond acceptors (Lipinski definition) is 2. The van der Waals surface area contributed by atoms with Crippen LogP contribution in [0.2, 0.25) is 0 Å². The number of nitrogens with zero attached hydrogens (tertiary/aromatic N) is 2. The highest BCUT2D eigenvalue weighted by Gasteiger charge is 2.29. The molecule has 0 N–H and O–H groups in total. The van der Waals surface area contributed by atoms with Gasteiger partial charge in [0.1, 0.15) is 5.82 Å². The molecule has 1 amide bonds. The lowest BCUT2D eigenvalue weighted by molar-refractivity contribution is -0.127. The molecule has 22 heavy (non-hydrogen) atoms. The zero-order valence-electron chi connectivity index (χ0n) is 12.9. The molecule has 0 bridgehead atoms. The second-order valence-corrected chi connectivity index (χ2v) is 6.22. The summed E-state index contributed by atoms with van der Waals surface area (Å²) in [4.78, 5) is 16.9. The minimum Gasteiger partial charge on any atom is -0.335 e. The van der Waals surface area contributed by atoms with Gasteiger partial charge in [0.25, 0.3) is 0 Å². The Morgan fingerprint density at radius 2 is 2.05 bits per heavy atom. The van der Waals surface area contributed by atoms with Crippen molar-refractivity contribution in [3.05, 3.63) is 41.7 Å². The minimum absolute atomic E-state index is 0.0472. The maximum atomic E-state index is 13.1. The molecule has 0 radical (unpaired) electrons. The number of benzene rings is 1. The summed E-state index contributed by atoms with van der Waals surface area (Å²) in [5, 5.41) is 0. The van der Waals surface area contributed by atoms with Crippen molar-refractivity contribution < 1.29 is 9.18 Å². The Balaban J connectivity index is 1.60. The molecule has 3 rings (SSSR count). The van der Waals surface area contributed by atoms with Gasteiger partial charge in [-0.15, -0.1) is 0 Å². The molecule has 4 heteroatoms. The van der Waals surface area contributed by atoms with Gasteiger partial charge in [0.2, 0.25) is 5.91 Å². The van der Waals surface area contributed by atoms with Crippen LogP contribution in [0.15, 0.2) is 30.3 Å². The fraction of sp³-hybridized carbons (Fsp3) is 0.500. The molecule has 1 unspecified atom stereocenters. The standard InChI is InChI=1S/C18H23FN2O/c19-16-6-3-5-15(13-16)8-9-18(22)21-12-4-7-17(21)14-20-10-1-2-11-20/h3,5-6,8-9,13,17H,1-2,4,7,10-12,14H2/b9-8+. The van der Waals surface area contributed by atoms with Gasteiger partial charge in [0, 0.05) is 25.2 Å². The average Bonchev–Trinajstić information content (AvgIpc) is 3.17. The van der Waals surface area contributed by atoms with Gasteiger partial charge in [-0.05, 0) is 62.5 Å². The SMILES string of the molecule is O=C(/C=C/c1cccc(F)c1)N1CCCC1CN1CCCC1. The van der Waals surface area contributed by atoms with Crippen molar-refractivity contribution in [2.24, 2.45) is 0 Å². The number of halogens is 1. The molecule has 2 aliphatic heterocycles. The average molecular weight is 302 g/mol. The molecule has 2 heterocycles. The molecule has 2 fully saturated rings. The fourth-order valence-electron chi connectivity index (χ4n) is 3.45. The Morgan fingerprint density at radius 1 is 1.23 bits per heavy atom. The summed E-state index contributed by atoms with van der Waals surface area (Å²) in [6.45, 7) is 4.17. The van der Waals surface area contributed by atoms with Gasteiger partial charge in [0.15, 0.2) is 0 Å². The van der Waals surface area contributed by atoms with Crippen molar-refractivity contribution in [1.29, 1.82) is 0 Å². The summed E-state index contributed by atoms with van der Waals surface area (Å²) in [7, 11) is 0. The number of hydrogen-bond donors (Lipinski definition) is 0. The van der Waals surface area contributed by atoms with E-state index in [-0.39, 0.29) is 11.7 Å². The van der Waals surface area contributed by atoms with Gasteiger partial charge in [0.05, 0.1) is 0 Å². The molecular weight excluding hydrogens is 279 g/mol. The summed E-state index contributed by atoms with van der Waals surface area (Å²) in [6.07, 6.45) is 8.02. The number of amides is 1. The van der Waals surface area contributed by atoms with E-state index < -0.39 is 0 Å². The lowest BCUT2D eigenvalue weighted by Gasteiger charge is -2.27.